The minimum Gasteiger partial charge on any atom is -0.455 e. The smallest absolute Gasteiger partial charge is 0.381 e. The van der Waals surface area contributed by atoms with E-state index in [4.69, 9.17) is 0 Å². The summed E-state index contributed by atoms with van der Waals surface area (Å²) in [5.41, 5.74) is -0.954. The predicted octanol–water partition coefficient (Wildman–Crippen LogP) is 3.56. The fourth-order valence-electron chi connectivity index (χ4n) is 1.86. The molecule has 0 saturated carbocycles. The molecule has 2 heterocycles. The van der Waals surface area contributed by atoms with E-state index >= 15 is 0 Å². The molecule has 3 rings (SSSR count). The lowest BCUT2D eigenvalue weighted by Gasteiger charge is -2.36. The first-order valence-electron chi connectivity index (χ1n) is 6.68. The van der Waals surface area contributed by atoms with Crippen LogP contribution in [0.15, 0.2) is 24.3 Å². The van der Waals surface area contributed by atoms with Crippen LogP contribution in [-0.4, -0.2) is 48.8 Å². The summed E-state index contributed by atoms with van der Waals surface area (Å²) in [6.45, 7) is -5.15. The summed E-state index contributed by atoms with van der Waals surface area (Å²) in [5.74, 6) is -28.2. The summed E-state index contributed by atoms with van der Waals surface area (Å²) in [7, 11) is 0. The molecule has 0 spiro atoms. The molecule has 0 saturated heterocycles. The largest absolute Gasteiger partial charge is 0.455 e. The second-order valence-electron chi connectivity index (χ2n) is 5.29. The van der Waals surface area contributed by atoms with Gasteiger partial charge in [0.15, 0.2) is 13.2 Å². The van der Waals surface area contributed by atoms with E-state index < -0.39 is 60.0 Å². The van der Waals surface area contributed by atoms with Gasteiger partial charge in [-0.3, -0.25) is 0 Å². The zero-order valence-electron chi connectivity index (χ0n) is 12.4. The predicted molar refractivity (Wildman–Crippen MR) is 66.8 cm³/mol. The van der Waals surface area contributed by atoms with Crippen LogP contribution in [0, 0.1) is 0 Å². The van der Waals surface area contributed by atoms with Crippen molar-refractivity contribution < 1.29 is 54.2 Å². The van der Waals surface area contributed by atoms with Crippen LogP contribution in [0.1, 0.15) is 20.7 Å². The molecule has 0 radical (unpaired) electrons. The zero-order chi connectivity index (χ0) is 20.0. The maximum atomic E-state index is 13.5. The highest BCUT2D eigenvalue weighted by Gasteiger charge is 2.81. The van der Waals surface area contributed by atoms with Crippen LogP contribution in [0.3, 0.4) is 0 Å². The fourth-order valence-corrected chi connectivity index (χ4v) is 1.86. The Morgan fingerprint density at radius 3 is 1.15 bits per heavy atom. The summed E-state index contributed by atoms with van der Waals surface area (Å²) < 4.78 is 116. The van der Waals surface area contributed by atoms with Crippen molar-refractivity contribution >= 4 is 11.9 Å². The molecule has 4 nitrogen and oxygen atoms in total. The standard InChI is InChI=1S/C14H8F8O4/c15-11(16)5-25-9(23)7-1-2-8(4-3-7)10(24)26-6-12(17,18)14(21,22)13(11,19)20/h1-4H,5-6H2. The second-order valence-corrected chi connectivity index (χ2v) is 5.29. The van der Waals surface area contributed by atoms with Crippen molar-refractivity contribution in [2.24, 2.45) is 0 Å². The Morgan fingerprint density at radius 1 is 0.615 bits per heavy atom. The highest BCUT2D eigenvalue weighted by molar-refractivity contribution is 5.93. The van der Waals surface area contributed by atoms with Crippen molar-refractivity contribution in [1.29, 1.82) is 0 Å². The molecular formula is C14H8F8O4. The van der Waals surface area contributed by atoms with Gasteiger partial charge < -0.3 is 9.47 Å². The monoisotopic (exact) mass is 392 g/mol. The van der Waals surface area contributed by atoms with E-state index in [1.807, 2.05) is 0 Å². The number of ether oxygens (including phenoxy) is 2. The van der Waals surface area contributed by atoms with Gasteiger partial charge in [0, 0.05) is 0 Å². The van der Waals surface area contributed by atoms with Crippen molar-refractivity contribution in [2.75, 3.05) is 13.2 Å². The van der Waals surface area contributed by atoms with Gasteiger partial charge in [0.05, 0.1) is 11.1 Å². The van der Waals surface area contributed by atoms with Crippen LogP contribution in [0.2, 0.25) is 0 Å². The maximum absolute atomic E-state index is 13.5. The number of carbonyl (C=O) groups excluding carboxylic acids is 2. The number of carbonyl (C=O) groups is 2. The van der Waals surface area contributed by atoms with Crippen molar-refractivity contribution in [3.8, 4) is 0 Å². The summed E-state index contributed by atoms with van der Waals surface area (Å²) >= 11 is 0. The lowest BCUT2D eigenvalue weighted by Crippen LogP contribution is -2.64. The topological polar surface area (TPSA) is 52.6 Å². The highest BCUT2D eigenvalue weighted by atomic mass is 19.4. The Labute approximate surface area is 139 Å². The molecule has 1 aromatic carbocycles. The maximum Gasteiger partial charge on any atom is 0.381 e. The van der Waals surface area contributed by atoms with E-state index in [2.05, 4.69) is 9.47 Å². The molecule has 0 atom stereocenters. The van der Waals surface area contributed by atoms with E-state index in [0.29, 0.717) is 0 Å². The molecule has 2 aliphatic heterocycles. The van der Waals surface area contributed by atoms with Crippen molar-refractivity contribution in [1.82, 2.24) is 0 Å². The third-order valence-corrected chi connectivity index (χ3v) is 3.44. The molecule has 0 unspecified atom stereocenters. The number of hydrogen-bond donors (Lipinski definition) is 0. The molecule has 12 heteroatoms. The van der Waals surface area contributed by atoms with E-state index in [-0.39, 0.29) is 0 Å². The number of alkyl halides is 8. The van der Waals surface area contributed by atoms with Gasteiger partial charge in [0.25, 0.3) is 0 Å². The number of halogens is 8. The second kappa shape index (κ2) is 6.09. The first-order valence-corrected chi connectivity index (χ1v) is 6.68. The lowest BCUT2D eigenvalue weighted by molar-refractivity contribution is -0.373. The summed E-state index contributed by atoms with van der Waals surface area (Å²) in [4.78, 5) is 23.0. The number of benzene rings is 1. The minimum atomic E-state index is -6.62. The average Bonchev–Trinajstić information content (AvgIpc) is 2.56. The van der Waals surface area contributed by atoms with E-state index in [1.165, 1.54) is 0 Å². The average molecular weight is 392 g/mol. The molecule has 0 aromatic heterocycles. The molecule has 2 aliphatic rings. The minimum absolute atomic E-state index is 0.477. The molecule has 144 valence electrons. The zero-order valence-corrected chi connectivity index (χ0v) is 12.4. The van der Waals surface area contributed by atoms with Gasteiger partial charge in [-0.1, -0.05) is 0 Å². The first-order chi connectivity index (χ1) is 11.7. The van der Waals surface area contributed by atoms with Gasteiger partial charge in [0.1, 0.15) is 0 Å². The number of fused-ring (bicyclic) bond motifs is 11. The van der Waals surface area contributed by atoms with Gasteiger partial charge in [-0.05, 0) is 24.3 Å². The lowest BCUT2D eigenvalue weighted by atomic mass is 9.99. The van der Waals surface area contributed by atoms with Crippen molar-refractivity contribution in [3.63, 3.8) is 0 Å². The highest BCUT2D eigenvalue weighted by Crippen LogP contribution is 2.52. The molecule has 1 aromatic rings. The number of hydrogen-bond acceptors (Lipinski definition) is 4. The number of rotatable bonds is 0. The van der Waals surface area contributed by atoms with Crippen molar-refractivity contribution in [2.45, 2.75) is 23.7 Å². The molecular weight excluding hydrogens is 384 g/mol. The Balaban J connectivity index is 2.52. The fraction of sp³-hybridized carbons (Fsp3) is 0.429. The van der Waals surface area contributed by atoms with Crippen LogP contribution in [0.5, 0.6) is 0 Å². The summed E-state index contributed by atoms with van der Waals surface area (Å²) in [6, 6.07) is 3.36. The van der Waals surface area contributed by atoms with E-state index in [9.17, 15) is 44.7 Å². The van der Waals surface area contributed by atoms with E-state index in [0.717, 1.165) is 24.3 Å². The Kier molecular flexibility index (Phi) is 4.67. The van der Waals surface area contributed by atoms with Crippen LogP contribution in [-0.2, 0) is 9.47 Å². The third-order valence-electron chi connectivity index (χ3n) is 3.44. The van der Waals surface area contributed by atoms with Crippen LogP contribution >= 0.6 is 0 Å². The Hall–Kier alpha value is -2.40. The summed E-state index contributed by atoms with van der Waals surface area (Å²) in [5, 5.41) is 0. The van der Waals surface area contributed by atoms with E-state index in [1.54, 1.807) is 0 Å². The molecule has 0 amide bonds. The normalized spacial score (nSPS) is 24.3. The molecule has 0 N–H and O–H groups in total. The molecule has 0 fully saturated rings. The van der Waals surface area contributed by atoms with Gasteiger partial charge in [-0.2, -0.15) is 35.1 Å². The van der Waals surface area contributed by atoms with Gasteiger partial charge in [-0.15, -0.1) is 0 Å². The van der Waals surface area contributed by atoms with Crippen LogP contribution in [0.4, 0.5) is 35.1 Å². The SMILES string of the molecule is O=C1OCC(F)(F)C(F)(F)C(F)(F)C(F)(F)COC(=O)c2ccc1cc2. The van der Waals surface area contributed by atoms with Crippen molar-refractivity contribution in [3.05, 3.63) is 35.4 Å². The number of esters is 2. The third kappa shape index (κ3) is 3.07. The Bertz CT molecular complexity index is 653. The summed E-state index contributed by atoms with van der Waals surface area (Å²) in [6.07, 6.45) is 0. The van der Waals surface area contributed by atoms with Crippen LogP contribution < -0.4 is 0 Å². The van der Waals surface area contributed by atoms with Gasteiger partial charge in [0.2, 0.25) is 0 Å². The quantitative estimate of drug-likeness (QED) is 0.501. The molecule has 0 aliphatic carbocycles. The van der Waals surface area contributed by atoms with Crippen LogP contribution in [0.25, 0.3) is 0 Å². The first kappa shape index (κ1) is 19.9. The molecule has 26 heavy (non-hydrogen) atoms. The van der Waals surface area contributed by atoms with Gasteiger partial charge in [-0.25, -0.2) is 9.59 Å². The molecule has 2 bridgehead atoms. The van der Waals surface area contributed by atoms with Gasteiger partial charge >= 0.3 is 35.6 Å². The Morgan fingerprint density at radius 2 is 0.885 bits per heavy atom.